The molecular formula is C18H17FN2O3. The first-order valence-electron chi connectivity index (χ1n) is 7.57. The molecule has 4 rings (SSSR count). The molecule has 124 valence electrons. The first kappa shape index (κ1) is 15.9. The Bertz CT molecular complexity index is 889. The van der Waals surface area contributed by atoms with Crippen molar-refractivity contribution in [2.24, 2.45) is 0 Å². The Morgan fingerprint density at radius 3 is 2.83 bits per heavy atom. The van der Waals surface area contributed by atoms with Gasteiger partial charge in [-0.2, -0.15) is 0 Å². The van der Waals surface area contributed by atoms with E-state index in [0.29, 0.717) is 13.2 Å². The molecule has 1 aromatic heterocycles. The van der Waals surface area contributed by atoms with Crippen molar-refractivity contribution < 1.29 is 19.0 Å². The average Bonchev–Trinajstić information content (AvgIpc) is 2.94. The number of ether oxygens (including phenoxy) is 1. The van der Waals surface area contributed by atoms with Gasteiger partial charge in [0.25, 0.3) is 6.47 Å². The van der Waals surface area contributed by atoms with E-state index in [2.05, 4.69) is 10.3 Å². The number of rotatable bonds is 2. The van der Waals surface area contributed by atoms with Crippen molar-refractivity contribution in [1.82, 2.24) is 4.98 Å². The van der Waals surface area contributed by atoms with Crippen LogP contribution in [0.3, 0.4) is 0 Å². The summed E-state index contributed by atoms with van der Waals surface area (Å²) in [6.45, 7) is 3.05. The largest absolute Gasteiger partial charge is 0.494 e. The number of hydrogen-bond donors (Lipinski definition) is 3. The Labute approximate surface area is 138 Å². The zero-order valence-electron chi connectivity index (χ0n) is 13.1. The minimum absolute atomic E-state index is 0.207. The molecule has 1 aliphatic heterocycles. The monoisotopic (exact) mass is 328 g/mol. The number of benzene rings is 2. The molecular weight excluding hydrogens is 311 g/mol. The van der Waals surface area contributed by atoms with Crippen molar-refractivity contribution in [3.05, 3.63) is 47.8 Å². The van der Waals surface area contributed by atoms with Crippen LogP contribution in [-0.2, 0) is 11.3 Å². The third-order valence-corrected chi connectivity index (χ3v) is 3.90. The van der Waals surface area contributed by atoms with E-state index < -0.39 is 0 Å². The molecule has 0 fully saturated rings. The lowest BCUT2D eigenvalue weighted by atomic mass is 9.99. The molecule has 24 heavy (non-hydrogen) atoms. The van der Waals surface area contributed by atoms with Gasteiger partial charge >= 0.3 is 0 Å². The van der Waals surface area contributed by atoms with Gasteiger partial charge in [0.05, 0.1) is 12.3 Å². The lowest BCUT2D eigenvalue weighted by Crippen LogP contribution is -2.08. The molecule has 3 aromatic rings. The summed E-state index contributed by atoms with van der Waals surface area (Å²) in [6.07, 6.45) is 0. The molecule has 0 atom stereocenters. The minimum atomic E-state index is -0.250. The molecule has 5 nitrogen and oxygen atoms in total. The van der Waals surface area contributed by atoms with Crippen molar-refractivity contribution in [1.29, 1.82) is 0 Å². The molecule has 2 aromatic carbocycles. The SMILES string of the molecule is CCOc1ccc2c(c1)NCc1c-2[nH]c2ccc(F)cc12.O=CO. The van der Waals surface area contributed by atoms with Crippen molar-refractivity contribution in [3.63, 3.8) is 0 Å². The van der Waals surface area contributed by atoms with Gasteiger partial charge in [-0.1, -0.05) is 0 Å². The van der Waals surface area contributed by atoms with Crippen molar-refractivity contribution in [2.45, 2.75) is 13.5 Å². The van der Waals surface area contributed by atoms with Gasteiger partial charge in [-0.25, -0.2) is 4.39 Å². The second-order valence-corrected chi connectivity index (χ2v) is 5.27. The Hall–Kier alpha value is -3.02. The van der Waals surface area contributed by atoms with Crippen LogP contribution in [0.5, 0.6) is 5.75 Å². The van der Waals surface area contributed by atoms with E-state index in [4.69, 9.17) is 14.6 Å². The van der Waals surface area contributed by atoms with Crippen LogP contribution in [-0.4, -0.2) is 23.2 Å². The predicted molar refractivity (Wildman–Crippen MR) is 90.9 cm³/mol. The third-order valence-electron chi connectivity index (χ3n) is 3.90. The second-order valence-electron chi connectivity index (χ2n) is 5.27. The van der Waals surface area contributed by atoms with E-state index in [1.54, 1.807) is 12.1 Å². The van der Waals surface area contributed by atoms with Crippen molar-refractivity contribution in [3.8, 4) is 17.0 Å². The van der Waals surface area contributed by atoms with Gasteiger partial charge < -0.3 is 20.1 Å². The highest BCUT2D eigenvalue weighted by Gasteiger charge is 2.21. The van der Waals surface area contributed by atoms with E-state index in [-0.39, 0.29) is 12.3 Å². The number of H-pyrrole nitrogens is 1. The summed E-state index contributed by atoms with van der Waals surface area (Å²) in [5.74, 6) is 0.649. The molecule has 0 saturated heterocycles. The van der Waals surface area contributed by atoms with Crippen LogP contribution in [0.1, 0.15) is 12.5 Å². The summed E-state index contributed by atoms with van der Waals surface area (Å²) in [5.41, 5.74) is 5.27. The summed E-state index contributed by atoms with van der Waals surface area (Å²) in [5, 5.41) is 11.2. The number of aromatic nitrogens is 1. The summed E-state index contributed by atoms with van der Waals surface area (Å²) < 4.78 is 19.0. The zero-order chi connectivity index (χ0) is 17.1. The number of carboxylic acid groups (broad SMARTS) is 1. The Morgan fingerprint density at radius 1 is 1.29 bits per heavy atom. The highest BCUT2D eigenvalue weighted by Crippen LogP contribution is 2.40. The number of carbonyl (C=O) groups is 1. The topological polar surface area (TPSA) is 74.3 Å². The zero-order valence-corrected chi connectivity index (χ0v) is 13.1. The molecule has 0 aliphatic carbocycles. The number of anilines is 1. The Balaban J connectivity index is 0.000000526. The Kier molecular flexibility index (Phi) is 4.37. The maximum atomic E-state index is 13.5. The van der Waals surface area contributed by atoms with E-state index >= 15 is 0 Å². The smallest absolute Gasteiger partial charge is 0.290 e. The van der Waals surface area contributed by atoms with E-state index in [1.807, 2.05) is 25.1 Å². The molecule has 1 aliphatic rings. The van der Waals surface area contributed by atoms with E-state index in [9.17, 15) is 4.39 Å². The molecule has 0 amide bonds. The van der Waals surface area contributed by atoms with Crippen LogP contribution >= 0.6 is 0 Å². The molecule has 0 saturated carbocycles. The summed E-state index contributed by atoms with van der Waals surface area (Å²) in [7, 11) is 0. The molecule has 0 unspecified atom stereocenters. The quantitative estimate of drug-likeness (QED) is 0.622. The molecule has 0 bridgehead atoms. The van der Waals surface area contributed by atoms with Crippen LogP contribution in [0.2, 0.25) is 0 Å². The van der Waals surface area contributed by atoms with Gasteiger partial charge in [-0.3, -0.25) is 4.79 Å². The number of hydrogen-bond acceptors (Lipinski definition) is 3. The van der Waals surface area contributed by atoms with Crippen LogP contribution < -0.4 is 10.1 Å². The molecule has 6 heteroatoms. The number of fused-ring (bicyclic) bond motifs is 5. The van der Waals surface area contributed by atoms with Crippen LogP contribution in [0.15, 0.2) is 36.4 Å². The summed E-state index contributed by atoms with van der Waals surface area (Å²) in [6, 6.07) is 10.9. The molecule has 2 heterocycles. The van der Waals surface area contributed by atoms with Crippen LogP contribution in [0.25, 0.3) is 22.2 Å². The maximum Gasteiger partial charge on any atom is 0.290 e. The predicted octanol–water partition coefficient (Wildman–Crippen LogP) is 4.00. The average molecular weight is 328 g/mol. The molecule has 0 spiro atoms. The van der Waals surface area contributed by atoms with Crippen molar-refractivity contribution >= 4 is 23.1 Å². The third kappa shape index (κ3) is 2.78. The lowest BCUT2D eigenvalue weighted by Gasteiger charge is -2.19. The van der Waals surface area contributed by atoms with Gasteiger partial charge in [-0.05, 0) is 37.3 Å². The Morgan fingerprint density at radius 2 is 2.08 bits per heavy atom. The van der Waals surface area contributed by atoms with Crippen LogP contribution in [0, 0.1) is 5.82 Å². The number of halogens is 1. The summed E-state index contributed by atoms with van der Waals surface area (Å²) >= 11 is 0. The van der Waals surface area contributed by atoms with Gasteiger partial charge in [0.15, 0.2) is 0 Å². The minimum Gasteiger partial charge on any atom is -0.494 e. The maximum absolute atomic E-state index is 13.5. The van der Waals surface area contributed by atoms with Gasteiger partial charge in [-0.15, -0.1) is 0 Å². The first-order chi connectivity index (χ1) is 11.7. The molecule has 3 N–H and O–H groups in total. The van der Waals surface area contributed by atoms with E-state index in [1.165, 1.54) is 6.07 Å². The highest BCUT2D eigenvalue weighted by molar-refractivity contribution is 5.95. The van der Waals surface area contributed by atoms with Gasteiger partial charge in [0.2, 0.25) is 0 Å². The standard InChI is InChI=1S/C17H15FN2O.CH2O2/c1-2-21-11-4-5-12-16(8-11)19-9-14-13-7-10(18)3-6-15(13)20-17(12)14;2-1-3/h3-8,19-20H,2,9H2,1H3;1H,(H,2,3). The first-order valence-corrected chi connectivity index (χ1v) is 7.57. The number of aromatic amines is 1. The fourth-order valence-corrected chi connectivity index (χ4v) is 2.96. The van der Waals surface area contributed by atoms with E-state index in [0.717, 1.165) is 39.2 Å². The normalized spacial score (nSPS) is 11.6. The van der Waals surface area contributed by atoms with Crippen LogP contribution in [0.4, 0.5) is 10.1 Å². The lowest BCUT2D eigenvalue weighted by molar-refractivity contribution is -0.122. The van der Waals surface area contributed by atoms with Gasteiger partial charge in [0, 0.05) is 40.3 Å². The fourth-order valence-electron chi connectivity index (χ4n) is 2.96. The fraction of sp³-hybridized carbons (Fsp3) is 0.167. The highest BCUT2D eigenvalue weighted by atomic mass is 19.1. The number of nitrogens with one attached hydrogen (secondary N) is 2. The summed E-state index contributed by atoms with van der Waals surface area (Å²) in [4.78, 5) is 11.8. The van der Waals surface area contributed by atoms with Gasteiger partial charge in [0.1, 0.15) is 11.6 Å². The molecule has 0 radical (unpaired) electrons. The van der Waals surface area contributed by atoms with Crippen molar-refractivity contribution in [2.75, 3.05) is 11.9 Å². The second kappa shape index (κ2) is 6.62.